The zero-order chi connectivity index (χ0) is 41.5. The SMILES string of the molecule is CC/C=C\C/C=C\C/C=C\C/C=C\CCCCC(=O)OCC(COC(=O)CCCCCCC/C=C\CCCC)OC(=O)CCCCCCC/C=C\C/C=C\CCC. The lowest BCUT2D eigenvalue weighted by Crippen LogP contribution is -2.30. The summed E-state index contributed by atoms with van der Waals surface area (Å²) in [5.41, 5.74) is 0. The maximum absolute atomic E-state index is 12.7. The molecule has 0 rings (SSSR count). The van der Waals surface area contributed by atoms with Crippen LogP contribution >= 0.6 is 0 Å². The first-order valence-electron chi connectivity index (χ1n) is 23.1. The molecule has 0 radical (unpaired) electrons. The molecule has 0 spiro atoms. The molecule has 0 heterocycles. The molecule has 6 nitrogen and oxygen atoms in total. The summed E-state index contributed by atoms with van der Waals surface area (Å²) in [6, 6.07) is 0. The zero-order valence-electron chi connectivity index (χ0n) is 36.8. The normalized spacial score (nSPS) is 12.8. The summed E-state index contributed by atoms with van der Waals surface area (Å²) in [6.45, 7) is 6.34. The highest BCUT2D eigenvalue weighted by Crippen LogP contribution is 2.12. The highest BCUT2D eigenvalue weighted by molar-refractivity contribution is 5.71. The standard InChI is InChI=1S/C51H84O6/c1-4-7-10-13-16-19-22-24-25-27-29-32-35-38-41-44-50(53)56-47-48(46-55-49(52)43-40-37-34-31-28-21-18-15-12-9-6-3)57-51(54)45-42-39-36-33-30-26-23-20-17-14-11-8-5-2/h7,10-11,14-16,18-20,23-25,29,32,48H,4-6,8-9,12-13,17,21-22,26-28,30-31,33-47H2,1-3H3/b10-7-,14-11-,18-15-,19-16-,23-20-,25-24-,32-29-. The van der Waals surface area contributed by atoms with Gasteiger partial charge in [-0.15, -0.1) is 0 Å². The van der Waals surface area contributed by atoms with Crippen molar-refractivity contribution in [2.45, 2.75) is 207 Å². The number of ether oxygens (including phenoxy) is 3. The van der Waals surface area contributed by atoms with E-state index in [1.165, 1.54) is 32.1 Å². The predicted octanol–water partition coefficient (Wildman–Crippen LogP) is 14.9. The van der Waals surface area contributed by atoms with Crippen LogP contribution in [0.25, 0.3) is 0 Å². The minimum absolute atomic E-state index is 0.101. The van der Waals surface area contributed by atoms with Crippen molar-refractivity contribution in [3.05, 3.63) is 85.1 Å². The third-order valence-corrected chi connectivity index (χ3v) is 9.33. The number of carbonyl (C=O) groups is 3. The van der Waals surface area contributed by atoms with Gasteiger partial charge in [-0.1, -0.05) is 164 Å². The molecule has 0 saturated heterocycles. The smallest absolute Gasteiger partial charge is 0.306 e. The first-order chi connectivity index (χ1) is 28.0. The topological polar surface area (TPSA) is 78.9 Å². The number of rotatable bonds is 40. The first-order valence-corrected chi connectivity index (χ1v) is 23.1. The van der Waals surface area contributed by atoms with Crippen LogP contribution in [0.1, 0.15) is 201 Å². The molecule has 324 valence electrons. The van der Waals surface area contributed by atoms with Gasteiger partial charge in [0.25, 0.3) is 0 Å². The quantitative estimate of drug-likeness (QED) is 0.0266. The van der Waals surface area contributed by atoms with Crippen LogP contribution in [0.15, 0.2) is 85.1 Å². The lowest BCUT2D eigenvalue weighted by atomic mass is 10.1. The van der Waals surface area contributed by atoms with Gasteiger partial charge in [0.2, 0.25) is 0 Å². The molecule has 0 aromatic heterocycles. The van der Waals surface area contributed by atoms with Gasteiger partial charge in [0.15, 0.2) is 6.10 Å². The summed E-state index contributed by atoms with van der Waals surface area (Å²) >= 11 is 0. The lowest BCUT2D eigenvalue weighted by Gasteiger charge is -2.18. The van der Waals surface area contributed by atoms with Crippen LogP contribution < -0.4 is 0 Å². The van der Waals surface area contributed by atoms with Gasteiger partial charge in [-0.05, 0) is 103 Å². The minimum Gasteiger partial charge on any atom is -0.462 e. The van der Waals surface area contributed by atoms with Gasteiger partial charge < -0.3 is 14.2 Å². The Hall–Kier alpha value is -3.41. The van der Waals surface area contributed by atoms with E-state index >= 15 is 0 Å². The largest absolute Gasteiger partial charge is 0.462 e. The molecule has 0 amide bonds. The molecule has 0 fully saturated rings. The van der Waals surface area contributed by atoms with Crippen molar-refractivity contribution in [1.29, 1.82) is 0 Å². The van der Waals surface area contributed by atoms with Crippen molar-refractivity contribution in [1.82, 2.24) is 0 Å². The fourth-order valence-electron chi connectivity index (χ4n) is 5.86. The molecule has 1 unspecified atom stereocenters. The zero-order valence-corrected chi connectivity index (χ0v) is 36.8. The van der Waals surface area contributed by atoms with Crippen molar-refractivity contribution < 1.29 is 28.6 Å². The number of unbranched alkanes of at least 4 members (excludes halogenated alkanes) is 15. The van der Waals surface area contributed by atoms with Crippen LogP contribution in [0.5, 0.6) is 0 Å². The molecule has 6 heteroatoms. The first kappa shape index (κ1) is 53.6. The van der Waals surface area contributed by atoms with E-state index in [0.717, 1.165) is 128 Å². The average molecular weight is 793 g/mol. The van der Waals surface area contributed by atoms with Gasteiger partial charge in [-0.25, -0.2) is 0 Å². The van der Waals surface area contributed by atoms with Crippen LogP contribution in [0.3, 0.4) is 0 Å². The van der Waals surface area contributed by atoms with Gasteiger partial charge >= 0.3 is 17.9 Å². The molecule has 57 heavy (non-hydrogen) atoms. The third kappa shape index (κ3) is 43.6. The Morgan fingerprint density at radius 3 is 1.19 bits per heavy atom. The van der Waals surface area contributed by atoms with Gasteiger partial charge in [0.05, 0.1) is 0 Å². The van der Waals surface area contributed by atoms with Gasteiger partial charge in [0, 0.05) is 19.3 Å². The molecule has 0 aromatic rings. The number of allylic oxidation sites excluding steroid dienone is 14. The van der Waals surface area contributed by atoms with Crippen molar-refractivity contribution in [3.63, 3.8) is 0 Å². The number of hydrogen-bond acceptors (Lipinski definition) is 6. The second kappa shape index (κ2) is 45.3. The highest BCUT2D eigenvalue weighted by Gasteiger charge is 2.19. The monoisotopic (exact) mass is 793 g/mol. The Balaban J connectivity index is 4.49. The molecule has 0 aliphatic rings. The molecule has 0 saturated carbocycles. The Morgan fingerprint density at radius 1 is 0.368 bits per heavy atom. The van der Waals surface area contributed by atoms with E-state index in [0.29, 0.717) is 19.3 Å². The average Bonchev–Trinajstić information content (AvgIpc) is 3.21. The van der Waals surface area contributed by atoms with Crippen LogP contribution in [0.2, 0.25) is 0 Å². The molecule has 0 bridgehead atoms. The summed E-state index contributed by atoms with van der Waals surface area (Å²) in [5, 5.41) is 0. The fraction of sp³-hybridized carbons (Fsp3) is 0.667. The van der Waals surface area contributed by atoms with Gasteiger partial charge in [0.1, 0.15) is 13.2 Å². The van der Waals surface area contributed by atoms with Crippen molar-refractivity contribution in [2.75, 3.05) is 13.2 Å². The van der Waals surface area contributed by atoms with Gasteiger partial charge in [-0.2, -0.15) is 0 Å². The second-order valence-electron chi connectivity index (χ2n) is 14.9. The molecular formula is C51H84O6. The Morgan fingerprint density at radius 2 is 0.719 bits per heavy atom. The summed E-state index contributed by atoms with van der Waals surface area (Å²) in [4.78, 5) is 37.8. The third-order valence-electron chi connectivity index (χ3n) is 9.33. The molecular weight excluding hydrogens is 709 g/mol. The molecule has 0 aromatic carbocycles. The highest BCUT2D eigenvalue weighted by atomic mass is 16.6. The molecule has 0 aliphatic heterocycles. The molecule has 0 N–H and O–H groups in total. The Bertz CT molecular complexity index is 1140. The Kier molecular flexibility index (Phi) is 42.6. The maximum Gasteiger partial charge on any atom is 0.306 e. The van der Waals surface area contributed by atoms with E-state index in [-0.39, 0.29) is 31.1 Å². The number of carbonyl (C=O) groups excluding carboxylic acids is 3. The lowest BCUT2D eigenvalue weighted by molar-refractivity contribution is -0.167. The van der Waals surface area contributed by atoms with Crippen LogP contribution in [0, 0.1) is 0 Å². The predicted molar refractivity (Wildman–Crippen MR) is 242 cm³/mol. The van der Waals surface area contributed by atoms with Crippen LogP contribution in [-0.2, 0) is 28.6 Å². The van der Waals surface area contributed by atoms with Gasteiger partial charge in [-0.3, -0.25) is 14.4 Å². The van der Waals surface area contributed by atoms with E-state index in [2.05, 4.69) is 106 Å². The maximum atomic E-state index is 12.7. The number of esters is 3. The fourth-order valence-corrected chi connectivity index (χ4v) is 5.86. The van der Waals surface area contributed by atoms with E-state index in [1.54, 1.807) is 0 Å². The van der Waals surface area contributed by atoms with E-state index in [1.807, 2.05) is 0 Å². The van der Waals surface area contributed by atoms with Crippen molar-refractivity contribution >= 4 is 17.9 Å². The van der Waals surface area contributed by atoms with E-state index < -0.39 is 6.10 Å². The summed E-state index contributed by atoms with van der Waals surface area (Å²) < 4.78 is 16.7. The van der Waals surface area contributed by atoms with Crippen LogP contribution in [-0.4, -0.2) is 37.2 Å². The minimum atomic E-state index is -0.802. The van der Waals surface area contributed by atoms with Crippen molar-refractivity contribution in [3.8, 4) is 0 Å². The van der Waals surface area contributed by atoms with Crippen LogP contribution in [0.4, 0.5) is 0 Å². The number of hydrogen-bond donors (Lipinski definition) is 0. The summed E-state index contributed by atoms with van der Waals surface area (Å²) in [5.74, 6) is -0.976. The van der Waals surface area contributed by atoms with E-state index in [4.69, 9.17) is 14.2 Å². The summed E-state index contributed by atoms with van der Waals surface area (Å²) in [6.07, 6.45) is 57.1. The van der Waals surface area contributed by atoms with Crippen molar-refractivity contribution in [2.24, 2.45) is 0 Å². The second-order valence-corrected chi connectivity index (χ2v) is 14.9. The Labute approximate surface area is 350 Å². The molecule has 0 aliphatic carbocycles. The molecule has 1 atom stereocenters. The van der Waals surface area contributed by atoms with E-state index in [9.17, 15) is 14.4 Å². The summed E-state index contributed by atoms with van der Waals surface area (Å²) in [7, 11) is 0.